The monoisotopic (exact) mass is 313 g/mol. The molecule has 0 amide bonds. The van der Waals surface area contributed by atoms with Crippen LogP contribution in [-0.4, -0.2) is 25.8 Å². The molecule has 1 heterocycles. The third-order valence-electron chi connectivity index (χ3n) is 4.72. The molecule has 0 saturated carbocycles. The Morgan fingerprint density at radius 2 is 1.55 bits per heavy atom. The summed E-state index contributed by atoms with van der Waals surface area (Å²) < 4.78 is 27.2. The zero-order chi connectivity index (χ0) is 15.2. The molecule has 0 N–H and O–H groups in total. The minimum absolute atomic E-state index is 0.445. The molecule has 1 aliphatic carbocycles. The lowest BCUT2D eigenvalue weighted by Crippen LogP contribution is -2.35. The topological polar surface area (TPSA) is 37.4 Å². The van der Waals surface area contributed by atoms with Crippen LogP contribution in [0.5, 0.6) is 0 Å². The standard InChI is InChI=1S/C18H19NO2S/c20-22(21,19-10-4-1-5-11-19)16-8-9-18-15(13-16)12-14-6-2-3-7-17(14)18/h2-3,6-9,13H,1,4-5,10-12H2. The second kappa shape index (κ2) is 5.21. The Labute approximate surface area is 131 Å². The van der Waals surface area contributed by atoms with Crippen LogP contribution in [0.15, 0.2) is 47.4 Å². The Morgan fingerprint density at radius 1 is 0.818 bits per heavy atom. The predicted octanol–water partition coefficient (Wildman–Crippen LogP) is 3.43. The molecule has 1 fully saturated rings. The lowest BCUT2D eigenvalue weighted by atomic mass is 10.1. The van der Waals surface area contributed by atoms with Gasteiger partial charge in [0.1, 0.15) is 0 Å². The van der Waals surface area contributed by atoms with E-state index in [0.717, 1.165) is 31.2 Å². The lowest BCUT2D eigenvalue weighted by molar-refractivity contribution is 0.346. The average molecular weight is 313 g/mol. The Hall–Kier alpha value is -1.65. The minimum atomic E-state index is -3.34. The smallest absolute Gasteiger partial charge is 0.207 e. The molecular weight excluding hydrogens is 294 g/mol. The van der Waals surface area contributed by atoms with E-state index in [0.29, 0.717) is 18.0 Å². The Morgan fingerprint density at radius 3 is 2.36 bits per heavy atom. The van der Waals surface area contributed by atoms with Gasteiger partial charge in [0.15, 0.2) is 0 Å². The maximum atomic E-state index is 12.8. The van der Waals surface area contributed by atoms with Gasteiger partial charge in [-0.1, -0.05) is 36.8 Å². The van der Waals surface area contributed by atoms with E-state index in [9.17, 15) is 8.42 Å². The second-order valence-corrected chi connectivity index (χ2v) is 8.06. The Kier molecular flexibility index (Phi) is 3.31. The summed E-state index contributed by atoms with van der Waals surface area (Å²) in [5.74, 6) is 0. The van der Waals surface area contributed by atoms with Crippen LogP contribution in [0, 0.1) is 0 Å². The number of nitrogens with zero attached hydrogens (tertiary/aromatic N) is 1. The van der Waals surface area contributed by atoms with Crippen LogP contribution >= 0.6 is 0 Å². The van der Waals surface area contributed by atoms with Crippen molar-refractivity contribution in [3.05, 3.63) is 53.6 Å². The minimum Gasteiger partial charge on any atom is -0.207 e. The lowest BCUT2D eigenvalue weighted by Gasteiger charge is -2.26. The van der Waals surface area contributed by atoms with E-state index in [1.165, 1.54) is 16.7 Å². The third kappa shape index (κ3) is 2.18. The van der Waals surface area contributed by atoms with Crippen LogP contribution in [0.4, 0.5) is 0 Å². The van der Waals surface area contributed by atoms with Crippen molar-refractivity contribution in [3.8, 4) is 11.1 Å². The fourth-order valence-corrected chi connectivity index (χ4v) is 5.10. The number of rotatable bonds is 2. The van der Waals surface area contributed by atoms with E-state index in [1.54, 1.807) is 10.4 Å². The van der Waals surface area contributed by atoms with Crippen molar-refractivity contribution < 1.29 is 8.42 Å². The maximum Gasteiger partial charge on any atom is 0.243 e. The van der Waals surface area contributed by atoms with Gasteiger partial charge in [0.2, 0.25) is 10.0 Å². The van der Waals surface area contributed by atoms with Crippen LogP contribution < -0.4 is 0 Å². The summed E-state index contributed by atoms with van der Waals surface area (Å²) in [5.41, 5.74) is 4.82. The normalized spacial score (nSPS) is 18.0. The van der Waals surface area contributed by atoms with Gasteiger partial charge in [-0.3, -0.25) is 0 Å². The average Bonchev–Trinajstić information content (AvgIpc) is 2.93. The number of fused-ring (bicyclic) bond motifs is 3. The first kappa shape index (κ1) is 14.0. The molecule has 0 bridgehead atoms. The SMILES string of the molecule is O=S(=O)(c1ccc2c(c1)Cc1ccccc1-2)N1CCCCC1. The van der Waals surface area contributed by atoms with Crippen LogP contribution in [-0.2, 0) is 16.4 Å². The van der Waals surface area contributed by atoms with E-state index < -0.39 is 10.0 Å². The summed E-state index contributed by atoms with van der Waals surface area (Å²) in [6, 6.07) is 13.9. The van der Waals surface area contributed by atoms with E-state index in [4.69, 9.17) is 0 Å². The van der Waals surface area contributed by atoms with Gasteiger partial charge in [-0.25, -0.2) is 8.42 Å². The Bertz CT molecular complexity index is 821. The van der Waals surface area contributed by atoms with Crippen molar-refractivity contribution >= 4 is 10.0 Å². The quantitative estimate of drug-likeness (QED) is 0.727. The summed E-state index contributed by atoms with van der Waals surface area (Å²) in [6.07, 6.45) is 3.89. The summed E-state index contributed by atoms with van der Waals surface area (Å²) in [7, 11) is -3.34. The maximum absolute atomic E-state index is 12.8. The van der Waals surface area contributed by atoms with Gasteiger partial charge in [-0.15, -0.1) is 0 Å². The summed E-state index contributed by atoms with van der Waals surface area (Å²) in [6.45, 7) is 1.30. The number of piperidine rings is 1. The first-order valence-electron chi connectivity index (χ1n) is 7.87. The van der Waals surface area contributed by atoms with Gasteiger partial charge >= 0.3 is 0 Å². The molecule has 4 rings (SSSR count). The van der Waals surface area contributed by atoms with Crippen molar-refractivity contribution in [3.63, 3.8) is 0 Å². The van der Waals surface area contributed by atoms with Gasteiger partial charge in [0.05, 0.1) is 4.90 Å². The molecule has 2 aromatic rings. The van der Waals surface area contributed by atoms with Crippen molar-refractivity contribution in [1.82, 2.24) is 4.31 Å². The molecular formula is C18H19NO2S. The zero-order valence-electron chi connectivity index (χ0n) is 12.5. The van der Waals surface area contributed by atoms with Crippen LogP contribution in [0.25, 0.3) is 11.1 Å². The van der Waals surface area contributed by atoms with Crippen LogP contribution in [0.3, 0.4) is 0 Å². The molecule has 114 valence electrons. The molecule has 2 aromatic carbocycles. The summed E-state index contributed by atoms with van der Waals surface area (Å²) in [4.78, 5) is 0.445. The van der Waals surface area contributed by atoms with Crippen LogP contribution in [0.1, 0.15) is 30.4 Å². The van der Waals surface area contributed by atoms with Crippen molar-refractivity contribution in [2.75, 3.05) is 13.1 Å². The highest BCUT2D eigenvalue weighted by atomic mass is 32.2. The molecule has 3 nitrogen and oxygen atoms in total. The zero-order valence-corrected chi connectivity index (χ0v) is 13.3. The highest BCUT2D eigenvalue weighted by molar-refractivity contribution is 7.89. The molecule has 4 heteroatoms. The molecule has 0 unspecified atom stereocenters. The molecule has 22 heavy (non-hydrogen) atoms. The Balaban J connectivity index is 1.72. The number of benzene rings is 2. The summed E-state index contributed by atoms with van der Waals surface area (Å²) in [5, 5.41) is 0. The van der Waals surface area contributed by atoms with Crippen LogP contribution in [0.2, 0.25) is 0 Å². The van der Waals surface area contributed by atoms with Crippen molar-refractivity contribution in [2.24, 2.45) is 0 Å². The van der Waals surface area contributed by atoms with E-state index in [2.05, 4.69) is 12.1 Å². The van der Waals surface area contributed by atoms with Gasteiger partial charge in [-0.05, 0) is 53.6 Å². The highest BCUT2D eigenvalue weighted by Gasteiger charge is 2.27. The fraction of sp³-hybridized carbons (Fsp3) is 0.333. The van der Waals surface area contributed by atoms with Gasteiger partial charge < -0.3 is 0 Å². The van der Waals surface area contributed by atoms with E-state index in [-0.39, 0.29) is 0 Å². The second-order valence-electron chi connectivity index (χ2n) is 6.12. The van der Waals surface area contributed by atoms with Gasteiger partial charge in [-0.2, -0.15) is 4.31 Å². The first-order valence-corrected chi connectivity index (χ1v) is 9.32. The number of sulfonamides is 1. The molecule has 1 saturated heterocycles. The van der Waals surface area contributed by atoms with E-state index >= 15 is 0 Å². The largest absolute Gasteiger partial charge is 0.243 e. The third-order valence-corrected chi connectivity index (χ3v) is 6.61. The predicted molar refractivity (Wildman–Crippen MR) is 87.3 cm³/mol. The van der Waals surface area contributed by atoms with Crippen molar-refractivity contribution in [2.45, 2.75) is 30.6 Å². The van der Waals surface area contributed by atoms with Crippen molar-refractivity contribution in [1.29, 1.82) is 0 Å². The molecule has 1 aliphatic heterocycles. The molecule has 2 aliphatic rings. The van der Waals surface area contributed by atoms with Gasteiger partial charge in [0, 0.05) is 13.1 Å². The number of hydrogen-bond donors (Lipinski definition) is 0. The molecule has 0 atom stereocenters. The first-order chi connectivity index (χ1) is 10.7. The molecule has 0 radical (unpaired) electrons. The fourth-order valence-electron chi connectivity index (χ4n) is 3.54. The molecule has 0 spiro atoms. The number of hydrogen-bond acceptors (Lipinski definition) is 2. The van der Waals surface area contributed by atoms with Gasteiger partial charge in [0.25, 0.3) is 0 Å². The molecule has 0 aromatic heterocycles. The van der Waals surface area contributed by atoms with E-state index in [1.807, 2.05) is 24.3 Å². The highest BCUT2D eigenvalue weighted by Crippen LogP contribution is 2.37. The summed E-state index contributed by atoms with van der Waals surface area (Å²) >= 11 is 0.